The molecule has 1 heterocycles. The van der Waals surface area contributed by atoms with Crippen LogP contribution in [-0.2, 0) is 6.42 Å². The maximum Gasteiger partial charge on any atom is 0.270 e. The van der Waals surface area contributed by atoms with E-state index < -0.39 is 0 Å². The van der Waals surface area contributed by atoms with Gasteiger partial charge >= 0.3 is 0 Å². The predicted molar refractivity (Wildman–Crippen MR) is 97.2 cm³/mol. The number of benzene rings is 1. The van der Waals surface area contributed by atoms with Crippen LogP contribution in [0.25, 0.3) is 0 Å². The Hall–Kier alpha value is -2.50. The Kier molecular flexibility index (Phi) is 6.86. The normalized spacial score (nSPS) is 10.8. The Bertz CT molecular complexity index is 701. The molecule has 2 aromatic rings. The zero-order chi connectivity index (χ0) is 18.2. The van der Waals surface area contributed by atoms with Crippen molar-refractivity contribution in [3.8, 4) is 0 Å². The van der Waals surface area contributed by atoms with E-state index in [1.54, 1.807) is 18.2 Å². The van der Waals surface area contributed by atoms with E-state index in [0.29, 0.717) is 30.5 Å². The summed E-state index contributed by atoms with van der Waals surface area (Å²) in [5.41, 5.74) is 2.06. The number of carbonyl (C=O) groups is 1. The Morgan fingerprint density at radius 2 is 1.88 bits per heavy atom. The molecule has 5 nitrogen and oxygen atoms in total. The molecule has 0 bridgehead atoms. The molecule has 0 aliphatic carbocycles. The summed E-state index contributed by atoms with van der Waals surface area (Å²) >= 11 is 0. The quantitative estimate of drug-likeness (QED) is 0.771. The molecule has 0 saturated carbocycles. The summed E-state index contributed by atoms with van der Waals surface area (Å²) in [7, 11) is 0. The van der Waals surface area contributed by atoms with Crippen LogP contribution in [0.4, 0.5) is 10.3 Å². The van der Waals surface area contributed by atoms with Crippen LogP contribution in [0.1, 0.15) is 42.0 Å². The van der Waals surface area contributed by atoms with Crippen molar-refractivity contribution in [3.63, 3.8) is 0 Å². The van der Waals surface area contributed by atoms with Crippen molar-refractivity contribution in [2.45, 2.75) is 33.6 Å². The number of hydrogen-bond acceptors (Lipinski definition) is 4. The fourth-order valence-corrected chi connectivity index (χ4v) is 2.30. The summed E-state index contributed by atoms with van der Waals surface area (Å²) in [6.45, 7) is 7.37. The van der Waals surface area contributed by atoms with Crippen LogP contribution in [-0.4, -0.2) is 29.0 Å². The first kappa shape index (κ1) is 18.8. The van der Waals surface area contributed by atoms with Crippen LogP contribution in [0.2, 0.25) is 0 Å². The highest BCUT2D eigenvalue weighted by molar-refractivity contribution is 5.92. The first-order valence-electron chi connectivity index (χ1n) is 8.56. The molecule has 0 fully saturated rings. The molecule has 2 N–H and O–H groups in total. The SMILES string of the molecule is Cc1cc(C(=O)NCCc2ccc(F)cc2)nc(NCCC(C)C)n1. The summed E-state index contributed by atoms with van der Waals surface area (Å²) in [6, 6.07) is 7.93. The number of amides is 1. The molecule has 1 aromatic carbocycles. The van der Waals surface area contributed by atoms with E-state index in [0.717, 1.165) is 24.2 Å². The van der Waals surface area contributed by atoms with Gasteiger partial charge in [-0.05, 0) is 49.4 Å². The van der Waals surface area contributed by atoms with Gasteiger partial charge in [0.2, 0.25) is 5.95 Å². The topological polar surface area (TPSA) is 66.9 Å². The zero-order valence-electron chi connectivity index (χ0n) is 15.0. The molecule has 0 aliphatic heterocycles. The molecule has 6 heteroatoms. The molecule has 1 aromatic heterocycles. The van der Waals surface area contributed by atoms with Crippen LogP contribution >= 0.6 is 0 Å². The summed E-state index contributed by atoms with van der Waals surface area (Å²) in [4.78, 5) is 20.9. The van der Waals surface area contributed by atoms with Crippen molar-refractivity contribution in [2.24, 2.45) is 5.92 Å². The molecule has 2 rings (SSSR count). The van der Waals surface area contributed by atoms with Crippen LogP contribution in [0.15, 0.2) is 30.3 Å². The fourth-order valence-electron chi connectivity index (χ4n) is 2.30. The van der Waals surface area contributed by atoms with Gasteiger partial charge in [0.25, 0.3) is 5.91 Å². The number of aryl methyl sites for hydroxylation is 1. The highest BCUT2D eigenvalue weighted by Gasteiger charge is 2.10. The first-order valence-corrected chi connectivity index (χ1v) is 8.56. The molecule has 0 spiro atoms. The van der Waals surface area contributed by atoms with Gasteiger partial charge < -0.3 is 10.6 Å². The molecular weight excluding hydrogens is 319 g/mol. The first-order chi connectivity index (χ1) is 11.9. The van der Waals surface area contributed by atoms with E-state index in [9.17, 15) is 9.18 Å². The minimum Gasteiger partial charge on any atom is -0.354 e. The van der Waals surface area contributed by atoms with Gasteiger partial charge in [-0.25, -0.2) is 14.4 Å². The molecule has 0 radical (unpaired) electrons. The predicted octanol–water partition coefficient (Wildman–Crippen LogP) is 3.35. The lowest BCUT2D eigenvalue weighted by Crippen LogP contribution is -2.27. The average Bonchev–Trinajstić information content (AvgIpc) is 2.55. The number of aromatic nitrogens is 2. The molecular formula is C19H25FN4O. The van der Waals surface area contributed by atoms with Crippen molar-refractivity contribution < 1.29 is 9.18 Å². The van der Waals surface area contributed by atoms with Crippen LogP contribution < -0.4 is 10.6 Å². The van der Waals surface area contributed by atoms with Gasteiger partial charge in [0.05, 0.1) is 0 Å². The average molecular weight is 344 g/mol. The monoisotopic (exact) mass is 344 g/mol. The van der Waals surface area contributed by atoms with Gasteiger partial charge in [0.1, 0.15) is 11.5 Å². The molecule has 0 unspecified atom stereocenters. The molecule has 25 heavy (non-hydrogen) atoms. The molecule has 1 amide bonds. The van der Waals surface area contributed by atoms with E-state index in [2.05, 4.69) is 34.4 Å². The van der Waals surface area contributed by atoms with Gasteiger partial charge in [0, 0.05) is 18.8 Å². The number of rotatable bonds is 8. The van der Waals surface area contributed by atoms with Crippen LogP contribution in [0, 0.1) is 18.7 Å². The third-order valence-electron chi connectivity index (χ3n) is 3.70. The Balaban J connectivity index is 1.89. The van der Waals surface area contributed by atoms with Gasteiger partial charge in [-0.1, -0.05) is 26.0 Å². The maximum absolute atomic E-state index is 12.9. The van der Waals surface area contributed by atoms with Crippen LogP contribution in [0.3, 0.4) is 0 Å². The smallest absolute Gasteiger partial charge is 0.270 e. The van der Waals surface area contributed by atoms with Crippen LogP contribution in [0.5, 0.6) is 0 Å². The Morgan fingerprint density at radius 3 is 2.56 bits per heavy atom. The minimum absolute atomic E-state index is 0.237. The number of hydrogen-bond donors (Lipinski definition) is 2. The number of carbonyl (C=O) groups excluding carboxylic acids is 1. The largest absolute Gasteiger partial charge is 0.354 e. The zero-order valence-corrected chi connectivity index (χ0v) is 15.0. The standard InChI is InChI=1S/C19H25FN4O/c1-13(2)8-10-22-19-23-14(3)12-17(24-19)18(25)21-11-9-15-4-6-16(20)7-5-15/h4-7,12-13H,8-11H2,1-3H3,(H,21,25)(H,22,23,24). The maximum atomic E-state index is 12.9. The second-order valence-electron chi connectivity index (χ2n) is 6.46. The van der Waals surface area contributed by atoms with Gasteiger partial charge in [-0.15, -0.1) is 0 Å². The summed E-state index contributed by atoms with van der Waals surface area (Å²) in [5.74, 6) is 0.567. The van der Waals surface area contributed by atoms with Gasteiger partial charge in [0.15, 0.2) is 0 Å². The van der Waals surface area contributed by atoms with Crippen molar-refractivity contribution >= 4 is 11.9 Å². The summed E-state index contributed by atoms with van der Waals surface area (Å²) < 4.78 is 12.9. The van der Waals surface area contributed by atoms with Crippen molar-refractivity contribution in [2.75, 3.05) is 18.4 Å². The molecule has 134 valence electrons. The summed E-state index contributed by atoms with van der Waals surface area (Å²) in [6.07, 6.45) is 1.64. The Morgan fingerprint density at radius 1 is 1.16 bits per heavy atom. The van der Waals surface area contributed by atoms with Crippen molar-refractivity contribution in [3.05, 3.63) is 53.1 Å². The molecule has 0 saturated heterocycles. The second-order valence-corrected chi connectivity index (χ2v) is 6.46. The Labute approximate surface area is 148 Å². The van der Waals surface area contributed by atoms with Gasteiger partial charge in [-0.3, -0.25) is 4.79 Å². The van der Waals surface area contributed by atoms with E-state index in [-0.39, 0.29) is 11.7 Å². The van der Waals surface area contributed by atoms with E-state index in [4.69, 9.17) is 0 Å². The number of halogens is 1. The number of anilines is 1. The van der Waals surface area contributed by atoms with E-state index in [1.807, 2.05) is 6.92 Å². The number of nitrogens with zero attached hydrogens (tertiary/aromatic N) is 2. The molecule has 0 atom stereocenters. The lowest BCUT2D eigenvalue weighted by atomic mass is 10.1. The third kappa shape index (κ3) is 6.49. The highest BCUT2D eigenvalue weighted by Crippen LogP contribution is 2.07. The fraction of sp³-hybridized carbons (Fsp3) is 0.421. The van der Waals surface area contributed by atoms with E-state index in [1.165, 1.54) is 12.1 Å². The lowest BCUT2D eigenvalue weighted by molar-refractivity contribution is 0.0949. The minimum atomic E-state index is -0.262. The third-order valence-corrected chi connectivity index (χ3v) is 3.70. The second kappa shape index (κ2) is 9.11. The molecule has 0 aliphatic rings. The van der Waals surface area contributed by atoms with Crippen molar-refractivity contribution in [1.29, 1.82) is 0 Å². The lowest BCUT2D eigenvalue weighted by Gasteiger charge is -2.10. The summed E-state index contributed by atoms with van der Waals surface area (Å²) in [5, 5.41) is 6.00. The van der Waals surface area contributed by atoms with Gasteiger partial charge in [-0.2, -0.15) is 0 Å². The van der Waals surface area contributed by atoms with E-state index >= 15 is 0 Å². The van der Waals surface area contributed by atoms with Crippen molar-refractivity contribution in [1.82, 2.24) is 15.3 Å². The highest BCUT2D eigenvalue weighted by atomic mass is 19.1. The number of nitrogens with one attached hydrogen (secondary N) is 2.